The molecule has 0 radical (unpaired) electrons. The number of hydrogen-bond acceptors (Lipinski definition) is 5. The molecule has 0 unspecified atom stereocenters. The summed E-state index contributed by atoms with van der Waals surface area (Å²) in [7, 11) is 0. The quantitative estimate of drug-likeness (QED) is 0.811. The van der Waals surface area contributed by atoms with E-state index in [0.29, 0.717) is 18.3 Å². The fourth-order valence-corrected chi connectivity index (χ4v) is 1.49. The molecule has 0 amide bonds. The van der Waals surface area contributed by atoms with Gasteiger partial charge in [0.2, 0.25) is 11.8 Å². The fraction of sp³-hybridized carbons (Fsp3) is 0.333. The summed E-state index contributed by atoms with van der Waals surface area (Å²) in [6, 6.07) is 7.79. The Bertz CT molecular complexity index is 465. The Morgan fingerprint density at radius 1 is 1.12 bits per heavy atom. The van der Waals surface area contributed by atoms with E-state index in [2.05, 4.69) is 15.5 Å². The minimum Gasteiger partial charge on any atom is -0.424 e. The van der Waals surface area contributed by atoms with Crippen LogP contribution in [0.2, 0.25) is 0 Å². The summed E-state index contributed by atoms with van der Waals surface area (Å²) in [6.07, 6.45) is 0. The summed E-state index contributed by atoms with van der Waals surface area (Å²) >= 11 is 0. The number of nitrogens with zero attached hydrogens (tertiary/aromatic N) is 2. The number of aromatic nitrogens is 2. The average molecular weight is 233 g/mol. The standard InChI is InChI=1S/C12H15N3O2/c1-9-14-15-12(17-9)7-13-6-10-2-4-11(8-16)5-3-10/h2-5,13,16H,6-8H2,1H3. The van der Waals surface area contributed by atoms with E-state index >= 15 is 0 Å². The summed E-state index contributed by atoms with van der Waals surface area (Å²) in [5.74, 6) is 1.17. The molecule has 5 nitrogen and oxygen atoms in total. The molecule has 0 saturated carbocycles. The first-order valence-electron chi connectivity index (χ1n) is 5.46. The summed E-state index contributed by atoms with van der Waals surface area (Å²) in [5.41, 5.74) is 2.07. The molecule has 17 heavy (non-hydrogen) atoms. The predicted octanol–water partition coefficient (Wildman–Crippen LogP) is 1.16. The molecular weight excluding hydrogens is 218 g/mol. The number of aryl methyl sites for hydroxylation is 1. The molecular formula is C12H15N3O2. The number of rotatable bonds is 5. The lowest BCUT2D eigenvalue weighted by Gasteiger charge is -2.03. The van der Waals surface area contributed by atoms with Gasteiger partial charge in [0.25, 0.3) is 0 Å². The maximum absolute atomic E-state index is 8.91. The summed E-state index contributed by atoms with van der Waals surface area (Å²) in [6.45, 7) is 3.13. The lowest BCUT2D eigenvalue weighted by atomic mass is 10.1. The molecule has 1 heterocycles. The SMILES string of the molecule is Cc1nnc(CNCc2ccc(CO)cc2)o1. The van der Waals surface area contributed by atoms with Gasteiger partial charge in [-0.25, -0.2) is 0 Å². The highest BCUT2D eigenvalue weighted by molar-refractivity contribution is 5.21. The molecule has 90 valence electrons. The highest BCUT2D eigenvalue weighted by Gasteiger charge is 2.01. The van der Waals surface area contributed by atoms with Crippen molar-refractivity contribution in [3.05, 3.63) is 47.2 Å². The second-order valence-corrected chi connectivity index (χ2v) is 3.79. The van der Waals surface area contributed by atoms with Gasteiger partial charge in [0, 0.05) is 13.5 Å². The fourth-order valence-electron chi connectivity index (χ4n) is 1.49. The second kappa shape index (κ2) is 5.56. The van der Waals surface area contributed by atoms with Crippen LogP contribution in [-0.2, 0) is 19.7 Å². The third-order valence-corrected chi connectivity index (χ3v) is 2.38. The number of aliphatic hydroxyl groups excluding tert-OH is 1. The first-order chi connectivity index (χ1) is 8.28. The highest BCUT2D eigenvalue weighted by Crippen LogP contribution is 2.04. The van der Waals surface area contributed by atoms with Crippen molar-refractivity contribution in [3.8, 4) is 0 Å². The zero-order valence-electron chi connectivity index (χ0n) is 9.68. The Morgan fingerprint density at radius 2 is 1.82 bits per heavy atom. The Morgan fingerprint density at radius 3 is 2.41 bits per heavy atom. The molecule has 1 aromatic heterocycles. The third kappa shape index (κ3) is 3.37. The number of nitrogens with one attached hydrogen (secondary N) is 1. The van der Waals surface area contributed by atoms with Crippen LogP contribution in [0, 0.1) is 6.92 Å². The van der Waals surface area contributed by atoms with Gasteiger partial charge in [0.1, 0.15) is 0 Å². The summed E-state index contributed by atoms with van der Waals surface area (Å²) in [5, 5.41) is 19.8. The normalized spacial score (nSPS) is 10.7. The lowest BCUT2D eigenvalue weighted by molar-refractivity contribution is 0.282. The highest BCUT2D eigenvalue weighted by atomic mass is 16.4. The topological polar surface area (TPSA) is 71.2 Å². The number of hydrogen-bond donors (Lipinski definition) is 2. The van der Waals surface area contributed by atoms with E-state index in [-0.39, 0.29) is 6.61 Å². The van der Waals surface area contributed by atoms with Crippen LogP contribution in [0.4, 0.5) is 0 Å². The van der Waals surface area contributed by atoms with E-state index in [4.69, 9.17) is 9.52 Å². The van der Waals surface area contributed by atoms with Crippen molar-refractivity contribution < 1.29 is 9.52 Å². The maximum atomic E-state index is 8.91. The Kier molecular flexibility index (Phi) is 3.85. The summed E-state index contributed by atoms with van der Waals surface area (Å²) < 4.78 is 5.24. The van der Waals surface area contributed by atoms with Gasteiger partial charge in [0.05, 0.1) is 13.2 Å². The van der Waals surface area contributed by atoms with E-state index in [1.54, 1.807) is 6.92 Å². The van der Waals surface area contributed by atoms with Crippen molar-refractivity contribution in [3.63, 3.8) is 0 Å². The van der Waals surface area contributed by atoms with E-state index in [1.165, 1.54) is 0 Å². The van der Waals surface area contributed by atoms with Gasteiger partial charge in [-0.1, -0.05) is 24.3 Å². The largest absolute Gasteiger partial charge is 0.424 e. The van der Waals surface area contributed by atoms with Crippen LogP contribution in [0.5, 0.6) is 0 Å². The van der Waals surface area contributed by atoms with Crippen molar-refractivity contribution in [1.82, 2.24) is 15.5 Å². The van der Waals surface area contributed by atoms with Crippen LogP contribution < -0.4 is 5.32 Å². The van der Waals surface area contributed by atoms with E-state index in [0.717, 1.165) is 17.7 Å². The van der Waals surface area contributed by atoms with Crippen LogP contribution in [0.25, 0.3) is 0 Å². The van der Waals surface area contributed by atoms with Crippen LogP contribution in [-0.4, -0.2) is 15.3 Å². The first kappa shape index (κ1) is 11.8. The Balaban J connectivity index is 1.81. The zero-order valence-corrected chi connectivity index (χ0v) is 9.68. The van der Waals surface area contributed by atoms with E-state index < -0.39 is 0 Å². The molecule has 2 aromatic rings. The van der Waals surface area contributed by atoms with Crippen molar-refractivity contribution in [2.45, 2.75) is 26.6 Å². The van der Waals surface area contributed by atoms with Gasteiger partial charge >= 0.3 is 0 Å². The van der Waals surface area contributed by atoms with Crippen molar-refractivity contribution in [1.29, 1.82) is 0 Å². The average Bonchev–Trinajstić information content (AvgIpc) is 2.76. The van der Waals surface area contributed by atoms with Gasteiger partial charge in [-0.2, -0.15) is 0 Å². The van der Waals surface area contributed by atoms with E-state index in [9.17, 15) is 0 Å². The predicted molar refractivity (Wildman–Crippen MR) is 61.9 cm³/mol. The van der Waals surface area contributed by atoms with Crippen LogP contribution in [0.15, 0.2) is 28.7 Å². The second-order valence-electron chi connectivity index (χ2n) is 3.79. The molecule has 0 atom stereocenters. The van der Waals surface area contributed by atoms with Gasteiger partial charge in [-0.3, -0.25) is 0 Å². The van der Waals surface area contributed by atoms with Crippen LogP contribution in [0.3, 0.4) is 0 Å². The molecule has 2 rings (SSSR count). The zero-order chi connectivity index (χ0) is 12.1. The molecule has 5 heteroatoms. The molecule has 1 aromatic carbocycles. The molecule has 0 aliphatic heterocycles. The lowest BCUT2D eigenvalue weighted by Crippen LogP contribution is -2.12. The minimum atomic E-state index is 0.0783. The smallest absolute Gasteiger partial charge is 0.230 e. The van der Waals surface area contributed by atoms with Crippen molar-refractivity contribution in [2.24, 2.45) is 0 Å². The molecule has 0 bridgehead atoms. The molecule has 0 saturated heterocycles. The monoisotopic (exact) mass is 233 g/mol. The summed E-state index contributed by atoms with van der Waals surface area (Å²) in [4.78, 5) is 0. The molecule has 2 N–H and O–H groups in total. The van der Waals surface area contributed by atoms with Crippen LogP contribution >= 0.6 is 0 Å². The molecule has 0 aliphatic carbocycles. The van der Waals surface area contributed by atoms with Gasteiger partial charge < -0.3 is 14.8 Å². The molecule has 0 spiro atoms. The van der Waals surface area contributed by atoms with E-state index in [1.807, 2.05) is 24.3 Å². The molecule has 0 fully saturated rings. The third-order valence-electron chi connectivity index (χ3n) is 2.38. The first-order valence-corrected chi connectivity index (χ1v) is 5.46. The van der Waals surface area contributed by atoms with Crippen molar-refractivity contribution >= 4 is 0 Å². The van der Waals surface area contributed by atoms with Crippen LogP contribution in [0.1, 0.15) is 22.9 Å². The van der Waals surface area contributed by atoms with Gasteiger partial charge in [-0.15, -0.1) is 10.2 Å². The molecule has 0 aliphatic rings. The van der Waals surface area contributed by atoms with Gasteiger partial charge in [-0.05, 0) is 11.1 Å². The number of benzene rings is 1. The minimum absolute atomic E-state index is 0.0783. The van der Waals surface area contributed by atoms with Crippen molar-refractivity contribution in [2.75, 3.05) is 0 Å². The maximum Gasteiger partial charge on any atom is 0.230 e. The number of aliphatic hydroxyl groups is 1. The Labute approximate surface area is 99.5 Å². The Hall–Kier alpha value is -1.72. The van der Waals surface area contributed by atoms with Gasteiger partial charge in [0.15, 0.2) is 0 Å².